The van der Waals surface area contributed by atoms with E-state index in [1.165, 1.54) is 23.5 Å². The van der Waals surface area contributed by atoms with Crippen molar-refractivity contribution >= 4 is 33.3 Å². The molecule has 0 aliphatic rings. The molecule has 0 aliphatic carbocycles. The number of unbranched alkanes of at least 4 members (excludes halogenated alkanes) is 2. The lowest BCUT2D eigenvalue weighted by Gasteiger charge is -2.07. The highest BCUT2D eigenvalue weighted by atomic mass is 32.1. The molecule has 0 unspecified atom stereocenters. The summed E-state index contributed by atoms with van der Waals surface area (Å²) >= 11 is 1.39. The highest BCUT2D eigenvalue weighted by molar-refractivity contribution is 7.15. The van der Waals surface area contributed by atoms with Crippen molar-refractivity contribution in [3.05, 3.63) is 46.3 Å². The van der Waals surface area contributed by atoms with Crippen molar-refractivity contribution in [2.45, 2.75) is 39.5 Å². The molecule has 25 heavy (non-hydrogen) atoms. The van der Waals surface area contributed by atoms with Gasteiger partial charge in [-0.1, -0.05) is 31.1 Å². The number of nitrogens with zero attached hydrogens (tertiary/aromatic N) is 3. The minimum Gasteiger partial charge on any atom is -0.296 e. The SMILES string of the molecule is CCCCCc1nnc(NC(=O)c2cc(C)nc3cc(F)ccc23)s1. The van der Waals surface area contributed by atoms with Gasteiger partial charge in [-0.15, -0.1) is 10.2 Å². The molecule has 3 rings (SSSR count). The number of hydrogen-bond acceptors (Lipinski definition) is 5. The number of nitrogens with one attached hydrogen (secondary N) is 1. The number of rotatable bonds is 6. The zero-order valence-electron chi connectivity index (χ0n) is 14.2. The van der Waals surface area contributed by atoms with Crippen molar-refractivity contribution in [2.24, 2.45) is 0 Å². The second-order valence-electron chi connectivity index (χ2n) is 5.88. The molecule has 5 nitrogen and oxygen atoms in total. The van der Waals surface area contributed by atoms with Gasteiger partial charge < -0.3 is 0 Å². The summed E-state index contributed by atoms with van der Waals surface area (Å²) in [5, 5.41) is 12.9. The second kappa shape index (κ2) is 7.65. The lowest BCUT2D eigenvalue weighted by atomic mass is 10.1. The molecule has 0 atom stereocenters. The number of fused-ring (bicyclic) bond motifs is 1. The van der Waals surface area contributed by atoms with Crippen LogP contribution >= 0.6 is 11.3 Å². The molecular formula is C18H19FN4OS. The van der Waals surface area contributed by atoms with E-state index in [9.17, 15) is 9.18 Å². The van der Waals surface area contributed by atoms with Gasteiger partial charge in [0, 0.05) is 23.6 Å². The minimum absolute atomic E-state index is 0.293. The fourth-order valence-electron chi connectivity index (χ4n) is 2.62. The van der Waals surface area contributed by atoms with Gasteiger partial charge in [0.1, 0.15) is 10.8 Å². The molecule has 0 saturated carbocycles. The molecule has 1 aromatic carbocycles. The normalized spacial score (nSPS) is 11.0. The van der Waals surface area contributed by atoms with E-state index >= 15 is 0 Å². The highest BCUT2D eigenvalue weighted by Gasteiger charge is 2.15. The number of aromatic nitrogens is 3. The van der Waals surface area contributed by atoms with Crippen LogP contribution in [0.25, 0.3) is 10.9 Å². The zero-order valence-corrected chi connectivity index (χ0v) is 15.0. The summed E-state index contributed by atoms with van der Waals surface area (Å²) in [4.78, 5) is 16.9. The summed E-state index contributed by atoms with van der Waals surface area (Å²) in [7, 11) is 0. The average Bonchev–Trinajstić information content (AvgIpc) is 3.01. The molecule has 7 heteroatoms. The summed E-state index contributed by atoms with van der Waals surface area (Å²) in [6.07, 6.45) is 4.24. The van der Waals surface area contributed by atoms with Crippen molar-refractivity contribution in [3.8, 4) is 0 Å². The number of benzene rings is 1. The van der Waals surface area contributed by atoms with Gasteiger partial charge in [0.05, 0.1) is 11.1 Å². The first kappa shape index (κ1) is 17.4. The number of anilines is 1. The van der Waals surface area contributed by atoms with E-state index in [4.69, 9.17) is 0 Å². The van der Waals surface area contributed by atoms with E-state index in [-0.39, 0.29) is 11.7 Å². The van der Waals surface area contributed by atoms with Gasteiger partial charge in [-0.05, 0) is 31.5 Å². The standard InChI is InChI=1S/C18H19FN4OS/c1-3-4-5-6-16-22-23-18(25-16)21-17(24)14-9-11(2)20-15-10-12(19)7-8-13(14)15/h7-10H,3-6H2,1-2H3,(H,21,23,24). The summed E-state index contributed by atoms with van der Waals surface area (Å²) in [6, 6.07) is 5.92. The summed E-state index contributed by atoms with van der Waals surface area (Å²) in [5.74, 6) is -0.670. The molecule has 0 radical (unpaired) electrons. The first-order valence-corrected chi connectivity index (χ1v) is 9.09. The van der Waals surface area contributed by atoms with Crippen molar-refractivity contribution < 1.29 is 9.18 Å². The molecule has 0 bridgehead atoms. The van der Waals surface area contributed by atoms with Gasteiger partial charge in [0.2, 0.25) is 5.13 Å². The number of aryl methyl sites for hydroxylation is 2. The van der Waals surface area contributed by atoms with Crippen LogP contribution in [0.1, 0.15) is 47.2 Å². The maximum Gasteiger partial charge on any atom is 0.258 e. The number of hydrogen-bond donors (Lipinski definition) is 1. The largest absolute Gasteiger partial charge is 0.296 e. The Kier molecular flexibility index (Phi) is 5.33. The Hall–Kier alpha value is -2.41. The van der Waals surface area contributed by atoms with Crippen LogP contribution in [0.4, 0.5) is 9.52 Å². The predicted octanol–water partition coefficient (Wildman–Crippen LogP) is 4.52. The summed E-state index contributed by atoms with van der Waals surface area (Å²) in [6.45, 7) is 3.93. The molecule has 2 aromatic heterocycles. The predicted molar refractivity (Wildman–Crippen MR) is 97.5 cm³/mol. The molecule has 0 spiro atoms. The maximum atomic E-state index is 13.4. The lowest BCUT2D eigenvalue weighted by molar-refractivity contribution is 0.102. The molecule has 0 aliphatic heterocycles. The third kappa shape index (κ3) is 4.17. The number of pyridine rings is 1. The number of amides is 1. The van der Waals surface area contributed by atoms with E-state index in [2.05, 4.69) is 27.4 Å². The Balaban J connectivity index is 1.81. The fourth-order valence-corrected chi connectivity index (χ4v) is 3.39. The highest BCUT2D eigenvalue weighted by Crippen LogP contribution is 2.22. The third-order valence-corrected chi connectivity index (χ3v) is 4.72. The van der Waals surface area contributed by atoms with Crippen LogP contribution in [0.3, 0.4) is 0 Å². The monoisotopic (exact) mass is 358 g/mol. The van der Waals surface area contributed by atoms with Gasteiger partial charge in [0.15, 0.2) is 0 Å². The summed E-state index contributed by atoms with van der Waals surface area (Å²) < 4.78 is 13.4. The van der Waals surface area contributed by atoms with E-state index in [1.54, 1.807) is 19.1 Å². The Bertz CT molecular complexity index is 904. The third-order valence-electron chi connectivity index (χ3n) is 3.83. The molecule has 2 heterocycles. The zero-order chi connectivity index (χ0) is 17.8. The second-order valence-corrected chi connectivity index (χ2v) is 6.95. The van der Waals surface area contributed by atoms with Crippen LogP contribution in [0, 0.1) is 12.7 Å². The van der Waals surface area contributed by atoms with Crippen LogP contribution in [0.5, 0.6) is 0 Å². The average molecular weight is 358 g/mol. The van der Waals surface area contributed by atoms with Gasteiger partial charge in [-0.2, -0.15) is 0 Å². The van der Waals surface area contributed by atoms with E-state index in [0.717, 1.165) is 30.7 Å². The van der Waals surface area contributed by atoms with Gasteiger partial charge in [0.25, 0.3) is 5.91 Å². The number of carbonyl (C=O) groups is 1. The number of halogens is 1. The van der Waals surface area contributed by atoms with E-state index in [0.29, 0.717) is 27.3 Å². The van der Waals surface area contributed by atoms with Gasteiger partial charge in [-0.3, -0.25) is 15.1 Å². The molecule has 1 amide bonds. The van der Waals surface area contributed by atoms with Crippen molar-refractivity contribution in [1.29, 1.82) is 0 Å². The Morgan fingerprint density at radius 2 is 2.08 bits per heavy atom. The number of carbonyl (C=O) groups excluding carboxylic acids is 1. The van der Waals surface area contributed by atoms with Crippen molar-refractivity contribution in [2.75, 3.05) is 5.32 Å². The first-order valence-electron chi connectivity index (χ1n) is 8.27. The van der Waals surface area contributed by atoms with Gasteiger partial charge >= 0.3 is 0 Å². The van der Waals surface area contributed by atoms with E-state index in [1.807, 2.05) is 0 Å². The molecule has 130 valence electrons. The van der Waals surface area contributed by atoms with E-state index < -0.39 is 0 Å². The van der Waals surface area contributed by atoms with Crippen molar-refractivity contribution in [1.82, 2.24) is 15.2 Å². The quantitative estimate of drug-likeness (QED) is 0.658. The van der Waals surface area contributed by atoms with Crippen LogP contribution in [-0.4, -0.2) is 21.1 Å². The molecule has 0 fully saturated rings. The molecule has 0 saturated heterocycles. The minimum atomic E-state index is -0.377. The molecular weight excluding hydrogens is 339 g/mol. The Morgan fingerprint density at radius 1 is 1.24 bits per heavy atom. The van der Waals surface area contributed by atoms with Crippen LogP contribution in [0.15, 0.2) is 24.3 Å². The molecule has 1 N–H and O–H groups in total. The van der Waals surface area contributed by atoms with Crippen LogP contribution in [0.2, 0.25) is 0 Å². The van der Waals surface area contributed by atoms with Crippen molar-refractivity contribution in [3.63, 3.8) is 0 Å². The maximum absolute atomic E-state index is 13.4. The smallest absolute Gasteiger partial charge is 0.258 e. The Morgan fingerprint density at radius 3 is 2.88 bits per heavy atom. The molecule has 3 aromatic rings. The first-order chi connectivity index (χ1) is 12.1. The lowest BCUT2D eigenvalue weighted by Crippen LogP contribution is -2.13. The Labute approximate surface area is 149 Å². The fraction of sp³-hybridized carbons (Fsp3) is 0.333. The van der Waals surface area contributed by atoms with Crippen LogP contribution in [-0.2, 0) is 6.42 Å². The van der Waals surface area contributed by atoms with Crippen LogP contribution < -0.4 is 5.32 Å². The summed E-state index contributed by atoms with van der Waals surface area (Å²) in [5.41, 5.74) is 1.56. The topological polar surface area (TPSA) is 67.8 Å². The van der Waals surface area contributed by atoms with Gasteiger partial charge in [-0.25, -0.2) is 4.39 Å².